The second-order valence-corrected chi connectivity index (χ2v) is 6.42. The van der Waals surface area contributed by atoms with Crippen LogP contribution in [0.25, 0.3) is 0 Å². The van der Waals surface area contributed by atoms with Gasteiger partial charge in [-0.3, -0.25) is 9.80 Å². The first-order valence-electron chi connectivity index (χ1n) is 6.56. The Hall–Kier alpha value is -0.380. The number of aliphatic hydroxyl groups is 1. The third kappa shape index (κ3) is 5.19. The lowest BCUT2D eigenvalue weighted by atomic mass is 9.89. The first kappa shape index (κ1) is 14.7. The summed E-state index contributed by atoms with van der Waals surface area (Å²) in [7, 11) is 0. The van der Waals surface area contributed by atoms with Crippen molar-refractivity contribution in [3.63, 3.8) is 0 Å². The Kier molecular flexibility index (Phi) is 5.17. The maximum absolute atomic E-state index is 10.1. The van der Waals surface area contributed by atoms with Crippen molar-refractivity contribution in [3.05, 3.63) is 12.2 Å². The molecular formula is C14H28N2O. The molecule has 3 nitrogen and oxygen atoms in total. The molecule has 0 aromatic rings. The molecule has 1 saturated heterocycles. The van der Waals surface area contributed by atoms with Crippen LogP contribution in [0.3, 0.4) is 0 Å². The van der Waals surface area contributed by atoms with Gasteiger partial charge in [0.25, 0.3) is 0 Å². The van der Waals surface area contributed by atoms with Crippen molar-refractivity contribution in [3.8, 4) is 0 Å². The molecule has 0 aliphatic carbocycles. The lowest BCUT2D eigenvalue weighted by Crippen LogP contribution is -2.50. The summed E-state index contributed by atoms with van der Waals surface area (Å²) in [4.78, 5) is 4.80. The van der Waals surface area contributed by atoms with Gasteiger partial charge in [-0.05, 0) is 12.3 Å². The summed E-state index contributed by atoms with van der Waals surface area (Å²) >= 11 is 0. The largest absolute Gasteiger partial charge is 0.391 e. The van der Waals surface area contributed by atoms with Crippen LogP contribution in [0.1, 0.15) is 27.7 Å². The van der Waals surface area contributed by atoms with Crippen LogP contribution in [0.15, 0.2) is 12.2 Å². The molecule has 0 bridgehead atoms. The van der Waals surface area contributed by atoms with Crippen molar-refractivity contribution < 1.29 is 5.11 Å². The van der Waals surface area contributed by atoms with E-state index in [4.69, 9.17) is 0 Å². The third-order valence-electron chi connectivity index (χ3n) is 3.39. The number of piperazine rings is 1. The summed E-state index contributed by atoms with van der Waals surface area (Å²) in [5.74, 6) is 0. The normalized spacial score (nSPS) is 21.5. The molecular weight excluding hydrogens is 212 g/mol. The molecule has 1 aliphatic rings. The second-order valence-electron chi connectivity index (χ2n) is 6.42. The maximum Gasteiger partial charge on any atom is 0.0715 e. The summed E-state index contributed by atoms with van der Waals surface area (Å²) in [6.45, 7) is 18.4. The Labute approximate surface area is 106 Å². The zero-order valence-corrected chi connectivity index (χ0v) is 11.9. The Bertz CT molecular complexity index is 249. The maximum atomic E-state index is 10.1. The molecule has 1 aliphatic heterocycles. The fourth-order valence-electron chi connectivity index (χ4n) is 2.03. The van der Waals surface area contributed by atoms with E-state index in [1.165, 1.54) is 5.57 Å². The highest BCUT2D eigenvalue weighted by Gasteiger charge is 2.26. The fraction of sp³-hybridized carbons (Fsp3) is 0.857. The molecule has 0 saturated carbocycles. The summed E-state index contributed by atoms with van der Waals surface area (Å²) in [6, 6.07) is 0. The summed E-state index contributed by atoms with van der Waals surface area (Å²) in [6.07, 6.45) is -0.241. The van der Waals surface area contributed by atoms with Crippen LogP contribution in [0.2, 0.25) is 0 Å². The van der Waals surface area contributed by atoms with Crippen LogP contribution >= 0.6 is 0 Å². The highest BCUT2D eigenvalue weighted by Crippen LogP contribution is 2.20. The zero-order chi connectivity index (χ0) is 13.1. The number of hydrogen-bond donors (Lipinski definition) is 1. The van der Waals surface area contributed by atoms with Crippen molar-refractivity contribution in [2.75, 3.05) is 39.3 Å². The molecule has 1 fully saturated rings. The topological polar surface area (TPSA) is 26.7 Å². The van der Waals surface area contributed by atoms with Crippen LogP contribution in [0.5, 0.6) is 0 Å². The van der Waals surface area contributed by atoms with Gasteiger partial charge in [-0.25, -0.2) is 0 Å². The van der Waals surface area contributed by atoms with Gasteiger partial charge in [0, 0.05) is 39.3 Å². The molecule has 1 rings (SSSR count). The zero-order valence-electron chi connectivity index (χ0n) is 11.9. The molecule has 1 unspecified atom stereocenters. The molecule has 100 valence electrons. The predicted molar refractivity (Wildman–Crippen MR) is 73.2 cm³/mol. The van der Waals surface area contributed by atoms with Crippen LogP contribution in [0, 0.1) is 5.41 Å². The first-order chi connectivity index (χ1) is 7.79. The van der Waals surface area contributed by atoms with Gasteiger partial charge >= 0.3 is 0 Å². The van der Waals surface area contributed by atoms with Gasteiger partial charge in [-0.2, -0.15) is 0 Å². The highest BCUT2D eigenvalue weighted by molar-refractivity contribution is 4.93. The van der Waals surface area contributed by atoms with Gasteiger partial charge in [-0.1, -0.05) is 32.9 Å². The number of β-amino-alcohol motifs (C(OH)–C–C–N with tert-alkyl or cyclic N) is 1. The van der Waals surface area contributed by atoms with Crippen molar-refractivity contribution in [1.82, 2.24) is 9.80 Å². The minimum absolute atomic E-state index is 0.0190. The van der Waals surface area contributed by atoms with Crippen LogP contribution in [-0.2, 0) is 0 Å². The molecule has 0 radical (unpaired) electrons. The van der Waals surface area contributed by atoms with Crippen LogP contribution < -0.4 is 0 Å². The smallest absolute Gasteiger partial charge is 0.0715 e. The van der Waals surface area contributed by atoms with Gasteiger partial charge in [0.1, 0.15) is 0 Å². The Morgan fingerprint density at radius 3 is 2.06 bits per heavy atom. The molecule has 0 aromatic heterocycles. The fourth-order valence-corrected chi connectivity index (χ4v) is 2.03. The van der Waals surface area contributed by atoms with Crippen LogP contribution in [-0.4, -0.2) is 60.3 Å². The summed E-state index contributed by atoms with van der Waals surface area (Å²) in [5.41, 5.74) is 1.21. The standard InChI is InChI=1S/C14H28N2O/c1-12(2)10-15-6-8-16(9-7-15)11-13(17)14(3,4)5/h13,17H,1,6-11H2,2-5H3. The molecule has 1 atom stereocenters. The van der Waals surface area contributed by atoms with Gasteiger partial charge in [-0.15, -0.1) is 0 Å². The molecule has 3 heteroatoms. The quantitative estimate of drug-likeness (QED) is 0.756. The van der Waals surface area contributed by atoms with Gasteiger partial charge in [0.15, 0.2) is 0 Å². The van der Waals surface area contributed by atoms with Gasteiger partial charge in [0.2, 0.25) is 0 Å². The summed E-state index contributed by atoms with van der Waals surface area (Å²) < 4.78 is 0. The average molecular weight is 240 g/mol. The van der Waals surface area contributed by atoms with E-state index in [9.17, 15) is 5.11 Å². The number of aliphatic hydroxyl groups excluding tert-OH is 1. The highest BCUT2D eigenvalue weighted by atomic mass is 16.3. The Morgan fingerprint density at radius 1 is 1.18 bits per heavy atom. The SMILES string of the molecule is C=C(C)CN1CCN(CC(O)C(C)(C)C)CC1. The monoisotopic (exact) mass is 240 g/mol. The minimum Gasteiger partial charge on any atom is -0.391 e. The Morgan fingerprint density at radius 2 is 1.65 bits per heavy atom. The molecule has 1 N–H and O–H groups in total. The number of rotatable bonds is 4. The molecule has 0 aromatic carbocycles. The van der Waals surface area contributed by atoms with E-state index in [0.29, 0.717) is 0 Å². The first-order valence-corrected chi connectivity index (χ1v) is 6.56. The van der Waals surface area contributed by atoms with Gasteiger partial charge < -0.3 is 5.11 Å². The third-order valence-corrected chi connectivity index (χ3v) is 3.39. The summed E-state index contributed by atoms with van der Waals surface area (Å²) in [5, 5.41) is 10.1. The van der Waals surface area contributed by atoms with E-state index in [-0.39, 0.29) is 11.5 Å². The molecule has 0 spiro atoms. The number of hydrogen-bond acceptors (Lipinski definition) is 3. The average Bonchev–Trinajstić information content (AvgIpc) is 2.18. The van der Waals surface area contributed by atoms with Crippen molar-refractivity contribution >= 4 is 0 Å². The van der Waals surface area contributed by atoms with E-state index >= 15 is 0 Å². The van der Waals surface area contributed by atoms with E-state index < -0.39 is 0 Å². The van der Waals surface area contributed by atoms with Crippen molar-refractivity contribution in [2.45, 2.75) is 33.8 Å². The van der Waals surface area contributed by atoms with Gasteiger partial charge in [0.05, 0.1) is 6.10 Å². The lowest BCUT2D eigenvalue weighted by Gasteiger charge is -2.38. The predicted octanol–water partition coefficient (Wildman–Crippen LogP) is 1.59. The van der Waals surface area contributed by atoms with E-state index in [2.05, 4.69) is 44.1 Å². The van der Waals surface area contributed by atoms with Crippen molar-refractivity contribution in [1.29, 1.82) is 0 Å². The van der Waals surface area contributed by atoms with E-state index in [1.54, 1.807) is 0 Å². The molecule has 0 amide bonds. The molecule has 1 heterocycles. The van der Waals surface area contributed by atoms with E-state index in [1.807, 2.05) is 0 Å². The Balaban J connectivity index is 2.30. The minimum atomic E-state index is -0.241. The number of nitrogens with zero attached hydrogens (tertiary/aromatic N) is 2. The van der Waals surface area contributed by atoms with Crippen LogP contribution in [0.4, 0.5) is 0 Å². The molecule has 17 heavy (non-hydrogen) atoms. The second kappa shape index (κ2) is 5.98. The van der Waals surface area contributed by atoms with E-state index in [0.717, 1.165) is 39.3 Å². The lowest BCUT2D eigenvalue weighted by molar-refractivity contribution is 0.0145. The van der Waals surface area contributed by atoms with Crippen molar-refractivity contribution in [2.24, 2.45) is 5.41 Å².